The maximum atomic E-state index is 11.0. The Morgan fingerprint density at radius 2 is 1.09 bits per heavy atom. The number of phosphoric ester groups is 2. The molecule has 0 spiro atoms. The molecule has 0 aromatic rings. The normalized spacial score (nSPS) is 25.5. The Hall–Kier alpha value is -1.47. The predicted molar refractivity (Wildman–Crippen MR) is 92.8 cm³/mol. The second-order valence-corrected chi connectivity index (χ2v) is 7.94. The van der Waals surface area contributed by atoms with Crippen LogP contribution in [0, 0.1) is 0 Å². The average Bonchev–Trinajstić information content (AvgIpc) is 3.10. The molecular weight excluding hydrogens is 518 g/mol. The van der Waals surface area contributed by atoms with Gasteiger partial charge in [-0.05, 0) is 0 Å². The van der Waals surface area contributed by atoms with Crippen LogP contribution in [0.15, 0.2) is 23.0 Å². The van der Waals surface area contributed by atoms with E-state index in [0.29, 0.717) is 0 Å². The fraction of sp³-hybridized carbons (Fsp3) is 0.500. The van der Waals surface area contributed by atoms with Gasteiger partial charge in [0.15, 0.2) is 23.7 Å². The number of ether oxygens (including phenoxy) is 2. The summed E-state index contributed by atoms with van der Waals surface area (Å²) < 4.78 is 36.8. The zero-order valence-corrected chi connectivity index (χ0v) is 19.2. The fourth-order valence-electron chi connectivity index (χ4n) is 2.03. The van der Waals surface area contributed by atoms with Crippen LogP contribution in [-0.2, 0) is 37.2 Å². The van der Waals surface area contributed by atoms with Gasteiger partial charge in [-0.2, -0.15) is 0 Å². The number of aliphatic hydroxyl groups is 6. The monoisotopic (exact) mass is 534 g/mol. The van der Waals surface area contributed by atoms with Crippen LogP contribution in [0.5, 0.6) is 0 Å². The van der Waals surface area contributed by atoms with E-state index in [2.05, 4.69) is 18.5 Å². The summed E-state index contributed by atoms with van der Waals surface area (Å²) in [5.74, 6) is -7.06. The molecule has 2 aliphatic heterocycles. The topological polar surface area (TPSA) is 313 Å². The molecule has 0 aliphatic carbocycles. The van der Waals surface area contributed by atoms with Gasteiger partial charge in [-0.25, -0.2) is 9.59 Å². The van der Waals surface area contributed by atoms with E-state index >= 15 is 0 Å². The standard InChI is InChI=1S/2C6H9O9P.Mg/c2*7-1-2(8)4-3(9)5(6(10)14-4)15-16(11,12)13;/h2*2,4,7-9H,1H2,(H2,11,12,13);/q;;+2/p-2/t2*2-,4+;/m00./s1. The van der Waals surface area contributed by atoms with Gasteiger partial charge in [0, 0.05) is 0 Å². The van der Waals surface area contributed by atoms with E-state index in [0.717, 1.165) is 0 Å². The molecule has 0 amide bonds. The molecule has 0 fully saturated rings. The van der Waals surface area contributed by atoms with E-state index in [9.17, 15) is 38.7 Å². The third-order valence-electron chi connectivity index (χ3n) is 3.33. The summed E-state index contributed by atoms with van der Waals surface area (Å²) in [6.07, 6.45) is -6.51. The van der Waals surface area contributed by atoms with E-state index in [-0.39, 0.29) is 23.1 Å². The zero-order chi connectivity index (χ0) is 25.0. The molecule has 8 N–H and O–H groups in total. The van der Waals surface area contributed by atoms with Crippen LogP contribution < -0.4 is 9.79 Å². The van der Waals surface area contributed by atoms with Crippen LogP contribution in [-0.4, -0.2) is 113 Å². The Morgan fingerprint density at radius 3 is 1.30 bits per heavy atom. The van der Waals surface area contributed by atoms with Crippen LogP contribution in [0.4, 0.5) is 0 Å². The minimum Gasteiger partial charge on any atom is -0.746 e. The van der Waals surface area contributed by atoms with Crippen molar-refractivity contribution < 1.29 is 87.5 Å². The molecular formula is C12H16MgO18P2. The van der Waals surface area contributed by atoms with Crippen LogP contribution >= 0.6 is 15.6 Å². The Kier molecular flexibility index (Phi) is 11.7. The summed E-state index contributed by atoms with van der Waals surface area (Å²) in [6.45, 7) is -1.66. The minimum atomic E-state index is -5.27. The van der Waals surface area contributed by atoms with Gasteiger partial charge in [-0.1, -0.05) is 0 Å². The molecule has 2 aliphatic rings. The van der Waals surface area contributed by atoms with E-state index in [1.807, 2.05) is 0 Å². The molecule has 2 unspecified atom stereocenters. The third-order valence-corrected chi connectivity index (χ3v) is 4.16. The minimum absolute atomic E-state index is 0. The molecule has 6 atom stereocenters. The zero-order valence-electron chi connectivity index (χ0n) is 16.0. The van der Waals surface area contributed by atoms with Gasteiger partial charge < -0.3 is 68.7 Å². The summed E-state index contributed by atoms with van der Waals surface area (Å²) in [5, 5.41) is 53.7. The van der Waals surface area contributed by atoms with Crippen molar-refractivity contribution in [2.75, 3.05) is 13.2 Å². The Bertz CT molecular complexity index is 815. The van der Waals surface area contributed by atoms with Crippen LogP contribution in [0.3, 0.4) is 0 Å². The number of phosphoric acid groups is 2. The van der Waals surface area contributed by atoms with Gasteiger partial charge in [0.05, 0.1) is 13.2 Å². The molecule has 0 aromatic heterocycles. The largest absolute Gasteiger partial charge is 2.00 e. The van der Waals surface area contributed by atoms with Gasteiger partial charge in [-0.3, -0.25) is 9.13 Å². The first-order chi connectivity index (χ1) is 14.5. The smallest absolute Gasteiger partial charge is 0.746 e. The summed E-state index contributed by atoms with van der Waals surface area (Å²) in [4.78, 5) is 59.2. The number of hydrogen-bond donors (Lipinski definition) is 8. The maximum Gasteiger partial charge on any atom is 2.00 e. The van der Waals surface area contributed by atoms with E-state index < -0.39 is 88.3 Å². The van der Waals surface area contributed by atoms with E-state index in [4.69, 9.17) is 30.2 Å². The van der Waals surface area contributed by atoms with Gasteiger partial charge in [0.1, 0.15) is 12.2 Å². The molecule has 2 heterocycles. The molecule has 0 radical (unpaired) electrons. The number of cyclic esters (lactones) is 2. The second kappa shape index (κ2) is 12.3. The van der Waals surface area contributed by atoms with Crippen molar-refractivity contribution in [1.82, 2.24) is 0 Å². The van der Waals surface area contributed by atoms with Crippen molar-refractivity contribution in [1.29, 1.82) is 0 Å². The van der Waals surface area contributed by atoms with Gasteiger partial charge >= 0.3 is 50.6 Å². The molecule has 21 heteroatoms. The van der Waals surface area contributed by atoms with Crippen molar-refractivity contribution in [3.63, 3.8) is 0 Å². The number of esters is 2. The van der Waals surface area contributed by atoms with Crippen LogP contribution in [0.25, 0.3) is 0 Å². The number of rotatable bonds is 8. The number of carbonyl (C=O) groups excluding carboxylic acids is 2. The quantitative estimate of drug-likeness (QED) is 0.0818. The second-order valence-electron chi connectivity index (χ2n) is 5.70. The Balaban J connectivity index is 0.000000602. The summed E-state index contributed by atoms with van der Waals surface area (Å²) >= 11 is 0. The molecule has 0 bridgehead atoms. The predicted octanol–water partition coefficient (Wildman–Crippen LogP) is -5.36. The van der Waals surface area contributed by atoms with Crippen molar-refractivity contribution in [3.05, 3.63) is 23.0 Å². The third kappa shape index (κ3) is 9.00. The van der Waals surface area contributed by atoms with Crippen LogP contribution in [0.1, 0.15) is 0 Å². The number of aliphatic hydroxyl groups excluding tert-OH is 6. The van der Waals surface area contributed by atoms with Crippen molar-refractivity contribution in [3.8, 4) is 0 Å². The summed E-state index contributed by atoms with van der Waals surface area (Å²) in [6, 6.07) is 0. The van der Waals surface area contributed by atoms with Gasteiger partial charge in [0.25, 0.3) is 11.5 Å². The maximum absolute atomic E-state index is 11.0. The molecule has 184 valence electrons. The van der Waals surface area contributed by atoms with E-state index in [1.165, 1.54) is 0 Å². The van der Waals surface area contributed by atoms with Gasteiger partial charge in [-0.15, -0.1) is 0 Å². The average molecular weight is 534 g/mol. The molecule has 33 heavy (non-hydrogen) atoms. The van der Waals surface area contributed by atoms with Crippen molar-refractivity contribution in [2.45, 2.75) is 24.4 Å². The molecule has 2 rings (SSSR count). The Labute approximate surface area is 198 Å². The van der Waals surface area contributed by atoms with Crippen LogP contribution in [0.2, 0.25) is 0 Å². The first-order valence-corrected chi connectivity index (χ1v) is 10.8. The van der Waals surface area contributed by atoms with Gasteiger partial charge in [0.2, 0.25) is 0 Å². The number of carbonyl (C=O) groups is 2. The van der Waals surface area contributed by atoms with Crippen molar-refractivity contribution >= 4 is 50.6 Å². The summed E-state index contributed by atoms with van der Waals surface area (Å²) in [7, 11) is -10.5. The molecule has 0 saturated heterocycles. The summed E-state index contributed by atoms with van der Waals surface area (Å²) in [5.41, 5.74) is 0. The number of hydrogen-bond acceptors (Lipinski definition) is 16. The SMILES string of the molecule is O=C1O[C@H]([C@@H](O)CO)C(O)=C1OP(=O)([O-])O.O=C1O[C@H]([C@@H](O)CO)C(O)=C1OP(=O)([O-])O.[Mg+2]. The molecule has 0 saturated carbocycles. The fourth-order valence-corrected chi connectivity index (χ4v) is 2.83. The molecule has 18 nitrogen and oxygen atoms in total. The molecule has 0 aromatic carbocycles. The first-order valence-electron chi connectivity index (χ1n) is 7.85. The van der Waals surface area contributed by atoms with E-state index in [1.54, 1.807) is 0 Å². The van der Waals surface area contributed by atoms with Crippen molar-refractivity contribution in [2.24, 2.45) is 0 Å². The Morgan fingerprint density at radius 1 is 0.818 bits per heavy atom. The first kappa shape index (κ1) is 31.5.